The molecule has 0 aliphatic heterocycles. The molecule has 1 aromatic carbocycles. The maximum atomic E-state index is 12.5. The number of tetrazole rings is 1. The number of nitrogens with zero attached hydrogens (tertiary/aromatic N) is 3. The highest BCUT2D eigenvalue weighted by atomic mass is 19.4. The van der Waals surface area contributed by atoms with Gasteiger partial charge in [-0.25, -0.2) is 0 Å². The first-order chi connectivity index (χ1) is 7.98. The Morgan fingerprint density at radius 2 is 2.06 bits per heavy atom. The highest BCUT2D eigenvalue weighted by Crippen LogP contribution is 2.30. The summed E-state index contributed by atoms with van der Waals surface area (Å²) in [6, 6.07) is 3.89. The molecular formula is C9H8F3N5. The summed E-state index contributed by atoms with van der Waals surface area (Å²) < 4.78 is 37.4. The van der Waals surface area contributed by atoms with E-state index in [-0.39, 0.29) is 11.4 Å². The lowest BCUT2D eigenvalue weighted by Crippen LogP contribution is -2.15. The van der Waals surface area contributed by atoms with E-state index in [9.17, 15) is 13.2 Å². The molecule has 90 valence electrons. The standard InChI is InChI=1S/C9H8F3N5/c10-9(11,12)6-3-1-2-5(4-6)7(13)8-14-16-17-15-8/h1-4,7H,13H2,(H,14,15,16,17). The van der Waals surface area contributed by atoms with E-state index in [0.717, 1.165) is 12.1 Å². The van der Waals surface area contributed by atoms with Crippen molar-refractivity contribution in [1.82, 2.24) is 20.6 Å². The molecule has 1 aromatic heterocycles. The van der Waals surface area contributed by atoms with Crippen LogP contribution in [0, 0.1) is 0 Å². The second-order valence-corrected chi connectivity index (χ2v) is 3.37. The number of aromatic amines is 1. The smallest absolute Gasteiger partial charge is 0.318 e. The number of H-pyrrole nitrogens is 1. The van der Waals surface area contributed by atoms with Crippen LogP contribution in [0.2, 0.25) is 0 Å². The van der Waals surface area contributed by atoms with E-state index in [2.05, 4.69) is 20.6 Å². The Labute approximate surface area is 93.8 Å². The van der Waals surface area contributed by atoms with Crippen molar-refractivity contribution >= 4 is 0 Å². The van der Waals surface area contributed by atoms with Crippen LogP contribution < -0.4 is 5.73 Å². The van der Waals surface area contributed by atoms with E-state index in [0.29, 0.717) is 0 Å². The predicted octanol–water partition coefficient (Wildman–Crippen LogP) is 1.27. The number of alkyl halides is 3. The van der Waals surface area contributed by atoms with Crippen molar-refractivity contribution < 1.29 is 13.2 Å². The summed E-state index contributed by atoms with van der Waals surface area (Å²) >= 11 is 0. The van der Waals surface area contributed by atoms with Crippen molar-refractivity contribution in [3.8, 4) is 0 Å². The molecule has 0 aliphatic rings. The third-order valence-electron chi connectivity index (χ3n) is 2.21. The average molecular weight is 243 g/mol. The van der Waals surface area contributed by atoms with Crippen molar-refractivity contribution in [2.24, 2.45) is 5.73 Å². The molecule has 0 bridgehead atoms. The monoisotopic (exact) mass is 243 g/mol. The van der Waals surface area contributed by atoms with E-state index >= 15 is 0 Å². The molecule has 0 saturated heterocycles. The van der Waals surface area contributed by atoms with Gasteiger partial charge in [0.1, 0.15) is 0 Å². The van der Waals surface area contributed by atoms with Gasteiger partial charge in [0.15, 0.2) is 5.82 Å². The molecule has 1 unspecified atom stereocenters. The van der Waals surface area contributed by atoms with Crippen molar-refractivity contribution in [2.75, 3.05) is 0 Å². The van der Waals surface area contributed by atoms with Gasteiger partial charge in [-0.2, -0.15) is 18.4 Å². The Hall–Kier alpha value is -1.96. The fraction of sp³-hybridized carbons (Fsp3) is 0.222. The van der Waals surface area contributed by atoms with Crippen LogP contribution in [-0.4, -0.2) is 20.6 Å². The largest absolute Gasteiger partial charge is 0.416 e. The third kappa shape index (κ3) is 2.41. The average Bonchev–Trinajstić information content (AvgIpc) is 2.80. The van der Waals surface area contributed by atoms with Gasteiger partial charge in [0.25, 0.3) is 0 Å². The number of nitrogens with two attached hydrogens (primary N) is 1. The number of rotatable bonds is 2. The summed E-state index contributed by atoms with van der Waals surface area (Å²) in [6.07, 6.45) is -4.40. The van der Waals surface area contributed by atoms with Gasteiger partial charge in [-0.1, -0.05) is 17.3 Å². The van der Waals surface area contributed by atoms with Crippen LogP contribution in [0.15, 0.2) is 24.3 Å². The van der Waals surface area contributed by atoms with Gasteiger partial charge in [-0.05, 0) is 17.7 Å². The maximum Gasteiger partial charge on any atom is 0.416 e. The Balaban J connectivity index is 2.34. The Bertz CT molecular complexity index is 494. The van der Waals surface area contributed by atoms with Crippen LogP contribution in [0.4, 0.5) is 13.2 Å². The normalized spacial score (nSPS) is 13.6. The van der Waals surface area contributed by atoms with Gasteiger partial charge in [0.05, 0.1) is 11.6 Å². The van der Waals surface area contributed by atoms with Crippen molar-refractivity contribution in [3.63, 3.8) is 0 Å². The molecular weight excluding hydrogens is 235 g/mol. The lowest BCUT2D eigenvalue weighted by Gasteiger charge is -2.11. The molecule has 3 N–H and O–H groups in total. The molecule has 8 heteroatoms. The lowest BCUT2D eigenvalue weighted by molar-refractivity contribution is -0.137. The Kier molecular flexibility index (Phi) is 2.80. The van der Waals surface area contributed by atoms with Gasteiger partial charge in [-0.15, -0.1) is 10.2 Å². The quantitative estimate of drug-likeness (QED) is 0.832. The van der Waals surface area contributed by atoms with Crippen LogP contribution in [0.1, 0.15) is 23.0 Å². The number of aromatic nitrogens is 4. The van der Waals surface area contributed by atoms with Gasteiger partial charge < -0.3 is 5.73 Å². The molecule has 0 aliphatic carbocycles. The topological polar surface area (TPSA) is 80.5 Å². The molecule has 0 saturated carbocycles. The summed E-state index contributed by atoms with van der Waals surface area (Å²) in [5.41, 5.74) is 5.24. The number of halogens is 3. The van der Waals surface area contributed by atoms with Gasteiger partial charge in [0.2, 0.25) is 0 Å². The first-order valence-corrected chi connectivity index (χ1v) is 4.64. The van der Waals surface area contributed by atoms with E-state index in [1.807, 2.05) is 0 Å². The van der Waals surface area contributed by atoms with Crippen molar-refractivity contribution in [1.29, 1.82) is 0 Å². The molecule has 0 amide bonds. The predicted molar refractivity (Wildman–Crippen MR) is 51.7 cm³/mol. The van der Waals surface area contributed by atoms with Crippen LogP contribution in [0.3, 0.4) is 0 Å². The lowest BCUT2D eigenvalue weighted by atomic mass is 10.0. The minimum absolute atomic E-state index is 0.143. The number of benzene rings is 1. The number of hydrogen-bond donors (Lipinski definition) is 2. The molecule has 0 fully saturated rings. The molecule has 5 nitrogen and oxygen atoms in total. The number of nitrogens with one attached hydrogen (secondary N) is 1. The molecule has 0 spiro atoms. The van der Waals surface area contributed by atoms with Gasteiger partial charge in [-0.3, -0.25) is 0 Å². The van der Waals surface area contributed by atoms with Crippen LogP contribution >= 0.6 is 0 Å². The first kappa shape index (κ1) is 11.5. The first-order valence-electron chi connectivity index (χ1n) is 4.64. The SMILES string of the molecule is NC(c1cccc(C(F)(F)F)c1)c1nn[nH]n1. The van der Waals surface area contributed by atoms with Crippen LogP contribution in [0.25, 0.3) is 0 Å². The van der Waals surface area contributed by atoms with E-state index in [1.54, 1.807) is 0 Å². The summed E-state index contributed by atoms with van der Waals surface area (Å²) in [6.45, 7) is 0. The zero-order valence-corrected chi connectivity index (χ0v) is 8.44. The summed E-state index contributed by atoms with van der Waals surface area (Å²) in [5, 5.41) is 12.8. The van der Waals surface area contributed by atoms with Gasteiger partial charge in [0, 0.05) is 0 Å². The zero-order chi connectivity index (χ0) is 12.5. The second-order valence-electron chi connectivity index (χ2n) is 3.37. The van der Waals surface area contributed by atoms with Crippen molar-refractivity contribution in [2.45, 2.75) is 12.2 Å². The van der Waals surface area contributed by atoms with E-state index in [1.165, 1.54) is 12.1 Å². The molecule has 2 aromatic rings. The molecule has 0 radical (unpaired) electrons. The zero-order valence-electron chi connectivity index (χ0n) is 8.44. The summed E-state index contributed by atoms with van der Waals surface area (Å²) in [7, 11) is 0. The molecule has 1 atom stereocenters. The van der Waals surface area contributed by atoms with E-state index in [4.69, 9.17) is 5.73 Å². The highest BCUT2D eigenvalue weighted by molar-refractivity contribution is 5.30. The van der Waals surface area contributed by atoms with Crippen molar-refractivity contribution in [3.05, 3.63) is 41.2 Å². The summed E-state index contributed by atoms with van der Waals surface area (Å²) in [5.74, 6) is 0.143. The van der Waals surface area contributed by atoms with Gasteiger partial charge >= 0.3 is 6.18 Å². The van der Waals surface area contributed by atoms with E-state index < -0.39 is 17.8 Å². The second kappa shape index (κ2) is 4.13. The maximum absolute atomic E-state index is 12.5. The fourth-order valence-corrected chi connectivity index (χ4v) is 1.36. The summed E-state index contributed by atoms with van der Waals surface area (Å²) in [4.78, 5) is 0. The fourth-order valence-electron chi connectivity index (χ4n) is 1.36. The molecule has 1 heterocycles. The Morgan fingerprint density at radius 1 is 1.29 bits per heavy atom. The third-order valence-corrected chi connectivity index (χ3v) is 2.21. The molecule has 17 heavy (non-hydrogen) atoms. The highest BCUT2D eigenvalue weighted by Gasteiger charge is 2.31. The van der Waals surface area contributed by atoms with Crippen LogP contribution in [-0.2, 0) is 6.18 Å². The minimum Gasteiger partial charge on any atom is -0.318 e. The minimum atomic E-state index is -4.40. The van der Waals surface area contributed by atoms with Crippen LogP contribution in [0.5, 0.6) is 0 Å². The molecule has 2 rings (SSSR count). The number of hydrogen-bond acceptors (Lipinski definition) is 4. The Morgan fingerprint density at radius 3 is 2.65 bits per heavy atom.